The van der Waals surface area contributed by atoms with Gasteiger partial charge in [-0.15, -0.1) is 0 Å². The number of hydrogen-bond acceptors (Lipinski definition) is 4. The van der Waals surface area contributed by atoms with Gasteiger partial charge in [-0.3, -0.25) is 4.79 Å². The van der Waals surface area contributed by atoms with Gasteiger partial charge in [-0.25, -0.2) is 0 Å². The predicted molar refractivity (Wildman–Crippen MR) is 95.8 cm³/mol. The van der Waals surface area contributed by atoms with E-state index < -0.39 is 0 Å². The molecule has 2 aromatic rings. The van der Waals surface area contributed by atoms with Crippen LogP contribution in [0.5, 0.6) is 11.5 Å². The second kappa shape index (κ2) is 8.74. The lowest BCUT2D eigenvalue weighted by molar-refractivity contribution is 0.0939. The Labute approximate surface area is 148 Å². The van der Waals surface area contributed by atoms with Gasteiger partial charge in [0.1, 0.15) is 0 Å². The molecule has 1 N–H and O–H groups in total. The van der Waals surface area contributed by atoms with Crippen molar-refractivity contribution in [1.82, 2.24) is 5.32 Å². The van der Waals surface area contributed by atoms with E-state index >= 15 is 0 Å². The van der Waals surface area contributed by atoms with Gasteiger partial charge in [0.2, 0.25) is 0 Å². The van der Waals surface area contributed by atoms with Gasteiger partial charge in [0.05, 0.1) is 30.9 Å². The monoisotopic (exact) mass is 338 g/mol. The predicted octanol–water partition coefficient (Wildman–Crippen LogP) is 3.85. The van der Waals surface area contributed by atoms with Crippen molar-refractivity contribution in [2.45, 2.75) is 26.8 Å². The van der Waals surface area contributed by atoms with Crippen LogP contribution in [0.1, 0.15) is 48.3 Å². The molecule has 0 aliphatic heterocycles. The Hall–Kier alpha value is -3.00. The number of nitrogens with one attached hydrogen (secondary N) is 1. The van der Waals surface area contributed by atoms with Gasteiger partial charge in [-0.05, 0) is 56.7 Å². The Morgan fingerprint density at radius 1 is 1.08 bits per heavy atom. The van der Waals surface area contributed by atoms with Crippen molar-refractivity contribution < 1.29 is 14.3 Å². The van der Waals surface area contributed by atoms with Crippen LogP contribution in [-0.2, 0) is 0 Å². The molecule has 0 spiro atoms. The lowest BCUT2D eigenvalue weighted by Gasteiger charge is -2.16. The van der Waals surface area contributed by atoms with Gasteiger partial charge in [0.15, 0.2) is 11.5 Å². The van der Waals surface area contributed by atoms with Crippen LogP contribution in [-0.4, -0.2) is 19.1 Å². The first kappa shape index (κ1) is 18.3. The summed E-state index contributed by atoms with van der Waals surface area (Å²) in [5, 5.41) is 11.8. The molecule has 0 fully saturated rings. The van der Waals surface area contributed by atoms with Crippen LogP contribution in [0.3, 0.4) is 0 Å². The molecule has 1 amide bonds. The van der Waals surface area contributed by atoms with Crippen LogP contribution in [0.25, 0.3) is 0 Å². The molecular formula is C20H22N2O3. The zero-order chi connectivity index (χ0) is 18.2. The van der Waals surface area contributed by atoms with Gasteiger partial charge in [-0.1, -0.05) is 12.1 Å². The molecule has 5 nitrogen and oxygen atoms in total. The number of carbonyl (C=O) groups excluding carboxylic acids is 1. The number of benzene rings is 2. The standard InChI is InChI=1S/C20H22N2O3/c1-4-24-18-11-10-17(12-19(18)25-5-2)20(23)22-14(3)16-8-6-15(13-21)7-9-16/h6-12,14H,4-5H2,1-3H3,(H,22,23). The molecule has 0 aliphatic carbocycles. The van der Waals surface area contributed by atoms with Crippen molar-refractivity contribution in [3.8, 4) is 17.6 Å². The van der Waals surface area contributed by atoms with Gasteiger partial charge >= 0.3 is 0 Å². The highest BCUT2D eigenvalue weighted by Crippen LogP contribution is 2.28. The van der Waals surface area contributed by atoms with E-state index in [1.807, 2.05) is 32.9 Å². The quantitative estimate of drug-likeness (QED) is 0.832. The highest BCUT2D eigenvalue weighted by atomic mass is 16.5. The van der Waals surface area contributed by atoms with Crippen molar-refractivity contribution in [3.63, 3.8) is 0 Å². The number of nitrogens with zero attached hydrogens (tertiary/aromatic N) is 1. The molecule has 0 radical (unpaired) electrons. The zero-order valence-electron chi connectivity index (χ0n) is 14.7. The van der Waals surface area contributed by atoms with E-state index in [1.54, 1.807) is 30.3 Å². The Kier molecular flexibility index (Phi) is 6.41. The Balaban J connectivity index is 2.13. The highest BCUT2D eigenvalue weighted by molar-refractivity contribution is 5.95. The van der Waals surface area contributed by atoms with E-state index in [2.05, 4.69) is 11.4 Å². The van der Waals surface area contributed by atoms with Gasteiger partial charge in [0.25, 0.3) is 5.91 Å². The molecule has 0 aliphatic rings. The smallest absolute Gasteiger partial charge is 0.251 e. The fourth-order valence-corrected chi connectivity index (χ4v) is 2.40. The van der Waals surface area contributed by atoms with E-state index in [0.29, 0.717) is 35.8 Å². The summed E-state index contributed by atoms with van der Waals surface area (Å²) in [6.07, 6.45) is 0. The van der Waals surface area contributed by atoms with Crippen molar-refractivity contribution >= 4 is 5.91 Å². The summed E-state index contributed by atoms with van der Waals surface area (Å²) in [7, 11) is 0. The van der Waals surface area contributed by atoms with Crippen LogP contribution >= 0.6 is 0 Å². The summed E-state index contributed by atoms with van der Waals surface area (Å²) in [6.45, 7) is 6.70. The number of rotatable bonds is 7. The molecule has 2 aromatic carbocycles. The van der Waals surface area contributed by atoms with Crippen LogP contribution in [0.15, 0.2) is 42.5 Å². The third kappa shape index (κ3) is 4.74. The number of amides is 1. The minimum absolute atomic E-state index is 0.178. The van der Waals surface area contributed by atoms with Crippen molar-refractivity contribution in [3.05, 3.63) is 59.2 Å². The zero-order valence-corrected chi connectivity index (χ0v) is 14.7. The third-order valence-electron chi connectivity index (χ3n) is 3.69. The summed E-state index contributed by atoms with van der Waals surface area (Å²) >= 11 is 0. The maximum atomic E-state index is 12.5. The molecular weight excluding hydrogens is 316 g/mol. The maximum absolute atomic E-state index is 12.5. The van der Waals surface area contributed by atoms with Crippen molar-refractivity contribution in [2.24, 2.45) is 0 Å². The molecule has 0 saturated heterocycles. The molecule has 25 heavy (non-hydrogen) atoms. The molecule has 5 heteroatoms. The molecule has 0 heterocycles. The van der Waals surface area contributed by atoms with Crippen LogP contribution in [0.2, 0.25) is 0 Å². The van der Waals surface area contributed by atoms with Gasteiger partial charge < -0.3 is 14.8 Å². The Bertz CT molecular complexity index is 764. The van der Waals surface area contributed by atoms with Crippen molar-refractivity contribution in [2.75, 3.05) is 13.2 Å². The fourth-order valence-electron chi connectivity index (χ4n) is 2.40. The SMILES string of the molecule is CCOc1ccc(C(=O)NC(C)c2ccc(C#N)cc2)cc1OCC. The van der Waals surface area contributed by atoms with Gasteiger partial charge in [-0.2, -0.15) is 5.26 Å². The number of carbonyl (C=O) groups is 1. The molecule has 2 rings (SSSR count). The van der Waals surface area contributed by atoms with E-state index in [1.165, 1.54) is 0 Å². The summed E-state index contributed by atoms with van der Waals surface area (Å²) in [5.74, 6) is 0.991. The molecule has 1 atom stereocenters. The van der Waals surface area contributed by atoms with E-state index in [4.69, 9.17) is 14.7 Å². The molecule has 0 saturated carbocycles. The summed E-state index contributed by atoms with van der Waals surface area (Å²) in [4.78, 5) is 12.5. The maximum Gasteiger partial charge on any atom is 0.251 e. The Morgan fingerprint density at radius 2 is 1.72 bits per heavy atom. The average Bonchev–Trinajstić information content (AvgIpc) is 2.63. The van der Waals surface area contributed by atoms with Crippen molar-refractivity contribution in [1.29, 1.82) is 5.26 Å². The first-order chi connectivity index (χ1) is 12.1. The minimum atomic E-state index is -0.194. The second-order valence-corrected chi connectivity index (χ2v) is 5.46. The van der Waals surface area contributed by atoms with E-state index in [9.17, 15) is 4.79 Å². The lowest BCUT2D eigenvalue weighted by Crippen LogP contribution is -2.26. The van der Waals surface area contributed by atoms with Crippen LogP contribution < -0.4 is 14.8 Å². The first-order valence-electron chi connectivity index (χ1n) is 8.29. The van der Waals surface area contributed by atoms with Gasteiger partial charge in [0, 0.05) is 5.56 Å². The number of ether oxygens (including phenoxy) is 2. The molecule has 0 bridgehead atoms. The average molecular weight is 338 g/mol. The summed E-state index contributed by atoms with van der Waals surface area (Å²) < 4.78 is 11.1. The number of nitriles is 1. The lowest BCUT2D eigenvalue weighted by atomic mass is 10.1. The number of hydrogen-bond donors (Lipinski definition) is 1. The fraction of sp³-hybridized carbons (Fsp3) is 0.300. The normalized spacial score (nSPS) is 11.3. The second-order valence-electron chi connectivity index (χ2n) is 5.46. The topological polar surface area (TPSA) is 71.3 Å². The van der Waals surface area contributed by atoms with Crippen LogP contribution in [0.4, 0.5) is 0 Å². The third-order valence-corrected chi connectivity index (χ3v) is 3.69. The van der Waals surface area contributed by atoms with E-state index in [0.717, 1.165) is 5.56 Å². The molecule has 130 valence electrons. The van der Waals surface area contributed by atoms with Crippen LogP contribution in [0, 0.1) is 11.3 Å². The Morgan fingerprint density at radius 3 is 2.32 bits per heavy atom. The highest BCUT2D eigenvalue weighted by Gasteiger charge is 2.14. The minimum Gasteiger partial charge on any atom is -0.490 e. The van der Waals surface area contributed by atoms with E-state index in [-0.39, 0.29) is 11.9 Å². The summed E-state index contributed by atoms with van der Waals surface area (Å²) in [5.41, 5.74) is 2.03. The molecule has 0 aromatic heterocycles. The summed E-state index contributed by atoms with van der Waals surface area (Å²) in [6, 6.07) is 14.2. The molecule has 1 unspecified atom stereocenters. The largest absolute Gasteiger partial charge is 0.490 e. The first-order valence-corrected chi connectivity index (χ1v) is 8.29.